The minimum Gasteiger partial charge on any atom is -0.350 e. The molecule has 2 amide bonds. The Morgan fingerprint density at radius 3 is 2.00 bits per heavy atom. The van der Waals surface area contributed by atoms with E-state index in [0.29, 0.717) is 0 Å². The van der Waals surface area contributed by atoms with Gasteiger partial charge < -0.3 is 10.6 Å². The highest BCUT2D eigenvalue weighted by Crippen LogP contribution is 2.19. The summed E-state index contributed by atoms with van der Waals surface area (Å²) >= 11 is 0. The predicted octanol–water partition coefficient (Wildman–Crippen LogP) is 2.93. The molecule has 0 aliphatic rings. The van der Waals surface area contributed by atoms with Gasteiger partial charge in [0.1, 0.15) is 0 Å². The van der Waals surface area contributed by atoms with Crippen molar-refractivity contribution in [1.82, 2.24) is 10.6 Å². The van der Waals surface area contributed by atoms with Crippen molar-refractivity contribution in [2.45, 2.75) is 32.7 Å². The smallest absolute Gasteiger partial charge is 0.239 e. The fraction of sp³-hybridized carbons (Fsp3) is 0.300. The van der Waals surface area contributed by atoms with E-state index >= 15 is 0 Å². The van der Waals surface area contributed by atoms with Gasteiger partial charge in [0.2, 0.25) is 11.8 Å². The highest BCUT2D eigenvalue weighted by Gasteiger charge is 2.14. The van der Waals surface area contributed by atoms with Crippen LogP contribution in [-0.2, 0) is 16.0 Å². The minimum absolute atomic E-state index is 0.00178. The van der Waals surface area contributed by atoms with E-state index in [-0.39, 0.29) is 30.3 Å². The molecule has 0 fully saturated rings. The van der Waals surface area contributed by atoms with Crippen molar-refractivity contribution >= 4 is 11.8 Å². The zero-order chi connectivity index (χ0) is 17.6. The topological polar surface area (TPSA) is 58.2 Å². The molecule has 2 aromatic rings. The van der Waals surface area contributed by atoms with Crippen LogP contribution in [0.5, 0.6) is 0 Å². The summed E-state index contributed by atoms with van der Waals surface area (Å²) in [6.45, 7) is 5.71. The third-order valence-corrected chi connectivity index (χ3v) is 3.39. The summed E-state index contributed by atoms with van der Waals surface area (Å²) in [6, 6.07) is 18.0. The number of hydrogen-bond acceptors (Lipinski definition) is 2. The predicted molar refractivity (Wildman–Crippen MR) is 96.5 cm³/mol. The van der Waals surface area contributed by atoms with E-state index in [0.717, 1.165) is 16.7 Å². The van der Waals surface area contributed by atoms with E-state index in [2.05, 4.69) is 22.8 Å². The molecular formula is C20H24N2O2. The van der Waals surface area contributed by atoms with Crippen LogP contribution >= 0.6 is 0 Å². The van der Waals surface area contributed by atoms with Gasteiger partial charge in [0.15, 0.2) is 0 Å². The fourth-order valence-electron chi connectivity index (χ4n) is 2.33. The average molecular weight is 324 g/mol. The Labute approximate surface area is 143 Å². The van der Waals surface area contributed by atoms with Crippen LogP contribution < -0.4 is 10.6 Å². The summed E-state index contributed by atoms with van der Waals surface area (Å²) in [4.78, 5) is 23.6. The fourth-order valence-corrected chi connectivity index (χ4v) is 2.33. The zero-order valence-electron chi connectivity index (χ0n) is 14.4. The third-order valence-electron chi connectivity index (χ3n) is 3.39. The number of carbonyl (C=O) groups is 2. The van der Waals surface area contributed by atoms with Crippen LogP contribution in [0.4, 0.5) is 0 Å². The molecule has 0 aliphatic heterocycles. The maximum atomic E-state index is 11.9. The van der Waals surface area contributed by atoms with Gasteiger partial charge in [-0.15, -0.1) is 0 Å². The number of benzene rings is 2. The number of rotatable bonds is 5. The van der Waals surface area contributed by atoms with Crippen molar-refractivity contribution in [3.05, 3.63) is 60.2 Å². The summed E-state index contributed by atoms with van der Waals surface area (Å²) in [5.41, 5.74) is 2.88. The molecular weight excluding hydrogens is 300 g/mol. The molecule has 24 heavy (non-hydrogen) atoms. The van der Waals surface area contributed by atoms with Gasteiger partial charge in [-0.2, -0.15) is 0 Å². The molecule has 2 aromatic carbocycles. The Morgan fingerprint density at radius 2 is 1.42 bits per heavy atom. The van der Waals surface area contributed by atoms with Gasteiger partial charge in [0.25, 0.3) is 0 Å². The highest BCUT2D eigenvalue weighted by atomic mass is 16.2. The van der Waals surface area contributed by atoms with Gasteiger partial charge in [-0.1, -0.05) is 54.6 Å². The second-order valence-corrected chi connectivity index (χ2v) is 6.81. The van der Waals surface area contributed by atoms with Crippen LogP contribution in [0, 0.1) is 0 Å². The van der Waals surface area contributed by atoms with Gasteiger partial charge in [-0.05, 0) is 37.5 Å². The van der Waals surface area contributed by atoms with E-state index in [1.807, 2.05) is 63.2 Å². The van der Waals surface area contributed by atoms with Crippen LogP contribution in [0.15, 0.2) is 54.6 Å². The molecule has 0 saturated carbocycles. The first kappa shape index (κ1) is 17.7. The molecule has 0 aromatic heterocycles. The van der Waals surface area contributed by atoms with Crippen LogP contribution in [-0.4, -0.2) is 23.9 Å². The lowest BCUT2D eigenvalue weighted by atomic mass is 10.0. The maximum Gasteiger partial charge on any atom is 0.239 e. The van der Waals surface area contributed by atoms with E-state index < -0.39 is 0 Å². The molecule has 0 unspecified atom stereocenters. The first-order valence-electron chi connectivity index (χ1n) is 8.05. The maximum absolute atomic E-state index is 11.9. The van der Waals surface area contributed by atoms with Crippen molar-refractivity contribution in [2.75, 3.05) is 6.54 Å². The van der Waals surface area contributed by atoms with Crippen molar-refractivity contribution in [3.63, 3.8) is 0 Å². The zero-order valence-corrected chi connectivity index (χ0v) is 14.4. The lowest BCUT2D eigenvalue weighted by Crippen LogP contribution is -2.46. The van der Waals surface area contributed by atoms with E-state index in [1.165, 1.54) is 0 Å². The van der Waals surface area contributed by atoms with Crippen molar-refractivity contribution in [1.29, 1.82) is 0 Å². The Balaban J connectivity index is 1.85. The van der Waals surface area contributed by atoms with E-state index in [4.69, 9.17) is 0 Å². The molecule has 0 saturated heterocycles. The monoisotopic (exact) mass is 324 g/mol. The standard InChI is InChI=1S/C20H24N2O2/c1-20(2,3)22-19(24)14-21-18(23)13-15-9-11-17(12-10-15)16-7-5-4-6-8-16/h4-12H,13-14H2,1-3H3,(H,21,23)(H,22,24). The Bertz CT molecular complexity index is 686. The molecule has 0 bridgehead atoms. The minimum atomic E-state index is -0.297. The number of nitrogens with one attached hydrogen (secondary N) is 2. The van der Waals surface area contributed by atoms with Crippen LogP contribution in [0.2, 0.25) is 0 Å². The second-order valence-electron chi connectivity index (χ2n) is 6.81. The van der Waals surface area contributed by atoms with Crippen LogP contribution in [0.25, 0.3) is 11.1 Å². The number of carbonyl (C=O) groups excluding carboxylic acids is 2. The molecule has 0 atom stereocenters. The normalized spacial score (nSPS) is 11.0. The first-order chi connectivity index (χ1) is 11.3. The Morgan fingerprint density at radius 1 is 0.833 bits per heavy atom. The summed E-state index contributed by atoms with van der Waals surface area (Å²) in [7, 11) is 0. The summed E-state index contributed by atoms with van der Waals surface area (Å²) in [5, 5.41) is 5.46. The SMILES string of the molecule is CC(C)(C)NC(=O)CNC(=O)Cc1ccc(-c2ccccc2)cc1. The van der Waals surface area contributed by atoms with Gasteiger partial charge in [0.05, 0.1) is 13.0 Å². The van der Waals surface area contributed by atoms with Crippen LogP contribution in [0.1, 0.15) is 26.3 Å². The molecule has 4 nitrogen and oxygen atoms in total. The molecule has 4 heteroatoms. The molecule has 2 N–H and O–H groups in total. The van der Waals surface area contributed by atoms with E-state index in [1.54, 1.807) is 0 Å². The molecule has 0 spiro atoms. The first-order valence-corrected chi connectivity index (χ1v) is 8.05. The molecule has 0 radical (unpaired) electrons. The lowest BCUT2D eigenvalue weighted by molar-refractivity contribution is -0.126. The van der Waals surface area contributed by atoms with Crippen LogP contribution in [0.3, 0.4) is 0 Å². The van der Waals surface area contributed by atoms with Crippen molar-refractivity contribution < 1.29 is 9.59 Å². The quantitative estimate of drug-likeness (QED) is 0.888. The molecule has 126 valence electrons. The Kier molecular flexibility index (Phi) is 5.74. The largest absolute Gasteiger partial charge is 0.350 e. The third kappa shape index (κ3) is 5.88. The summed E-state index contributed by atoms with van der Waals surface area (Å²) in [6.07, 6.45) is 0.262. The molecule has 0 heterocycles. The summed E-state index contributed by atoms with van der Waals surface area (Å²) in [5.74, 6) is -0.346. The number of amides is 2. The van der Waals surface area contributed by atoms with Crippen molar-refractivity contribution in [3.8, 4) is 11.1 Å². The van der Waals surface area contributed by atoms with Gasteiger partial charge >= 0.3 is 0 Å². The van der Waals surface area contributed by atoms with E-state index in [9.17, 15) is 9.59 Å². The van der Waals surface area contributed by atoms with Gasteiger partial charge in [-0.3, -0.25) is 9.59 Å². The highest BCUT2D eigenvalue weighted by molar-refractivity contribution is 5.86. The second kappa shape index (κ2) is 7.77. The molecule has 2 rings (SSSR count). The summed E-state index contributed by atoms with van der Waals surface area (Å²) < 4.78 is 0. The average Bonchev–Trinajstić information content (AvgIpc) is 2.53. The van der Waals surface area contributed by atoms with Crippen molar-refractivity contribution in [2.24, 2.45) is 0 Å². The lowest BCUT2D eigenvalue weighted by Gasteiger charge is -2.20. The molecule has 0 aliphatic carbocycles. The van der Waals surface area contributed by atoms with Gasteiger partial charge in [-0.25, -0.2) is 0 Å². The number of hydrogen-bond donors (Lipinski definition) is 2. The Hall–Kier alpha value is -2.62. The van der Waals surface area contributed by atoms with Gasteiger partial charge in [0, 0.05) is 5.54 Å².